The molecule has 0 saturated carbocycles. The van der Waals surface area contributed by atoms with Crippen LogP contribution in [-0.4, -0.2) is 12.6 Å². The molecule has 2 rings (SSSR count). The maximum Gasteiger partial charge on any atom is 0.340 e. The predicted octanol–water partition coefficient (Wildman–Crippen LogP) is 4.23. The van der Waals surface area contributed by atoms with Crippen molar-refractivity contribution < 1.29 is 9.53 Å². The SMILES string of the molecule is CCCOC(=O)c1cc(N)ccc1Nc1ccccc1Cl. The fourth-order valence-electron chi connectivity index (χ4n) is 1.82. The second-order valence-corrected chi connectivity index (χ2v) is 4.95. The van der Waals surface area contributed by atoms with Crippen molar-refractivity contribution in [3.8, 4) is 0 Å². The topological polar surface area (TPSA) is 64.3 Å². The van der Waals surface area contributed by atoms with Gasteiger partial charge in [-0.25, -0.2) is 4.79 Å². The van der Waals surface area contributed by atoms with Crippen molar-refractivity contribution in [3.63, 3.8) is 0 Å². The Balaban J connectivity index is 2.31. The van der Waals surface area contributed by atoms with Crippen molar-refractivity contribution in [3.05, 3.63) is 53.1 Å². The van der Waals surface area contributed by atoms with Crippen LogP contribution in [0.3, 0.4) is 0 Å². The van der Waals surface area contributed by atoms with E-state index in [1.54, 1.807) is 24.3 Å². The molecule has 0 aliphatic rings. The van der Waals surface area contributed by atoms with Crippen molar-refractivity contribution in [2.45, 2.75) is 13.3 Å². The summed E-state index contributed by atoms with van der Waals surface area (Å²) in [7, 11) is 0. The van der Waals surface area contributed by atoms with Gasteiger partial charge in [-0.05, 0) is 36.8 Å². The van der Waals surface area contributed by atoms with Crippen molar-refractivity contribution in [1.82, 2.24) is 0 Å². The fraction of sp³-hybridized carbons (Fsp3) is 0.188. The molecule has 0 spiro atoms. The number of halogens is 1. The van der Waals surface area contributed by atoms with E-state index in [1.165, 1.54) is 0 Å². The molecule has 110 valence electrons. The number of rotatable bonds is 5. The van der Waals surface area contributed by atoms with Crippen molar-refractivity contribution >= 4 is 34.6 Å². The zero-order chi connectivity index (χ0) is 15.2. The average molecular weight is 305 g/mol. The second-order valence-electron chi connectivity index (χ2n) is 4.55. The monoisotopic (exact) mass is 304 g/mol. The maximum atomic E-state index is 12.1. The molecule has 2 aromatic rings. The summed E-state index contributed by atoms with van der Waals surface area (Å²) in [6.45, 7) is 2.31. The van der Waals surface area contributed by atoms with Crippen molar-refractivity contribution in [1.29, 1.82) is 0 Å². The number of anilines is 3. The van der Waals surface area contributed by atoms with Gasteiger partial charge in [0.1, 0.15) is 0 Å². The lowest BCUT2D eigenvalue weighted by atomic mass is 10.1. The third kappa shape index (κ3) is 3.89. The molecule has 3 N–H and O–H groups in total. The van der Waals surface area contributed by atoms with Crippen LogP contribution in [0.1, 0.15) is 23.7 Å². The molecular weight excluding hydrogens is 288 g/mol. The highest BCUT2D eigenvalue weighted by atomic mass is 35.5. The van der Waals surface area contributed by atoms with E-state index in [-0.39, 0.29) is 0 Å². The van der Waals surface area contributed by atoms with Gasteiger partial charge in [-0.15, -0.1) is 0 Å². The summed E-state index contributed by atoms with van der Waals surface area (Å²) in [4.78, 5) is 12.1. The Morgan fingerprint density at radius 3 is 2.71 bits per heavy atom. The summed E-state index contributed by atoms with van der Waals surface area (Å²) >= 11 is 6.12. The van der Waals surface area contributed by atoms with Crippen LogP contribution in [0.4, 0.5) is 17.1 Å². The van der Waals surface area contributed by atoms with Crippen LogP contribution in [0.2, 0.25) is 5.02 Å². The minimum Gasteiger partial charge on any atom is -0.462 e. The Kier molecular flexibility index (Phi) is 5.06. The van der Waals surface area contributed by atoms with Crippen LogP contribution < -0.4 is 11.1 Å². The summed E-state index contributed by atoms with van der Waals surface area (Å²) in [5.41, 5.74) is 7.98. The van der Waals surface area contributed by atoms with E-state index in [9.17, 15) is 4.79 Å². The molecule has 5 heteroatoms. The van der Waals surface area contributed by atoms with E-state index in [4.69, 9.17) is 22.1 Å². The highest BCUT2D eigenvalue weighted by molar-refractivity contribution is 6.33. The van der Waals surface area contributed by atoms with Gasteiger partial charge < -0.3 is 15.8 Å². The Morgan fingerprint density at radius 2 is 2.00 bits per heavy atom. The summed E-state index contributed by atoms with van der Waals surface area (Å²) in [6, 6.07) is 12.4. The number of nitrogens with one attached hydrogen (secondary N) is 1. The Labute approximate surface area is 128 Å². The van der Waals surface area contributed by atoms with Crippen LogP contribution in [0, 0.1) is 0 Å². The first kappa shape index (κ1) is 15.2. The number of hydrogen-bond donors (Lipinski definition) is 2. The molecule has 0 atom stereocenters. The molecule has 21 heavy (non-hydrogen) atoms. The lowest BCUT2D eigenvalue weighted by Gasteiger charge is -2.13. The van der Waals surface area contributed by atoms with E-state index in [1.807, 2.05) is 25.1 Å². The minimum atomic E-state index is -0.404. The number of ether oxygens (including phenoxy) is 1. The summed E-state index contributed by atoms with van der Waals surface area (Å²) in [5, 5.41) is 3.71. The third-order valence-corrected chi connectivity index (χ3v) is 3.17. The normalized spacial score (nSPS) is 10.2. The number of carbonyl (C=O) groups excluding carboxylic acids is 1. The fourth-order valence-corrected chi connectivity index (χ4v) is 2.00. The smallest absolute Gasteiger partial charge is 0.340 e. The van der Waals surface area contributed by atoms with Crippen LogP contribution in [0.5, 0.6) is 0 Å². The molecule has 0 aromatic heterocycles. The van der Waals surface area contributed by atoms with Gasteiger partial charge in [-0.2, -0.15) is 0 Å². The van der Waals surface area contributed by atoms with Gasteiger partial charge in [0, 0.05) is 5.69 Å². The first-order valence-electron chi connectivity index (χ1n) is 6.70. The highest BCUT2D eigenvalue weighted by Crippen LogP contribution is 2.28. The zero-order valence-electron chi connectivity index (χ0n) is 11.7. The average Bonchev–Trinajstić information content (AvgIpc) is 2.48. The van der Waals surface area contributed by atoms with Crippen LogP contribution in [0.15, 0.2) is 42.5 Å². The van der Waals surface area contributed by atoms with Crippen LogP contribution >= 0.6 is 11.6 Å². The van der Waals surface area contributed by atoms with E-state index < -0.39 is 5.97 Å². The van der Waals surface area contributed by atoms with Gasteiger partial charge in [0.05, 0.1) is 28.6 Å². The zero-order valence-corrected chi connectivity index (χ0v) is 12.5. The lowest BCUT2D eigenvalue weighted by molar-refractivity contribution is 0.0506. The quantitative estimate of drug-likeness (QED) is 0.641. The van der Waals surface area contributed by atoms with Crippen LogP contribution in [0.25, 0.3) is 0 Å². The predicted molar refractivity (Wildman–Crippen MR) is 86.2 cm³/mol. The molecule has 4 nitrogen and oxygen atoms in total. The largest absolute Gasteiger partial charge is 0.462 e. The molecule has 0 aliphatic carbocycles. The van der Waals surface area contributed by atoms with Gasteiger partial charge in [0.2, 0.25) is 0 Å². The van der Waals surface area contributed by atoms with Crippen molar-refractivity contribution in [2.24, 2.45) is 0 Å². The molecule has 0 fully saturated rings. The molecule has 0 radical (unpaired) electrons. The Morgan fingerprint density at radius 1 is 1.24 bits per heavy atom. The number of esters is 1. The number of benzene rings is 2. The molecule has 0 unspecified atom stereocenters. The first-order valence-corrected chi connectivity index (χ1v) is 7.08. The maximum absolute atomic E-state index is 12.1. The lowest BCUT2D eigenvalue weighted by Crippen LogP contribution is -2.09. The van der Waals surface area contributed by atoms with E-state index in [0.717, 1.165) is 6.42 Å². The standard InChI is InChI=1S/C16H17ClN2O2/c1-2-9-21-16(20)12-10-11(18)7-8-14(12)19-15-6-4-3-5-13(15)17/h3-8,10,19H,2,9,18H2,1H3. The molecular formula is C16H17ClN2O2. The van der Waals surface area contributed by atoms with E-state index in [2.05, 4.69) is 5.32 Å². The summed E-state index contributed by atoms with van der Waals surface area (Å²) in [5.74, 6) is -0.404. The summed E-state index contributed by atoms with van der Waals surface area (Å²) in [6.07, 6.45) is 0.765. The molecule has 0 heterocycles. The Bertz CT molecular complexity index is 644. The van der Waals surface area contributed by atoms with Gasteiger partial charge in [-0.3, -0.25) is 0 Å². The number of hydrogen-bond acceptors (Lipinski definition) is 4. The minimum absolute atomic E-state index is 0.374. The van der Waals surface area contributed by atoms with Gasteiger partial charge >= 0.3 is 5.97 Å². The van der Waals surface area contributed by atoms with Gasteiger partial charge in [0.25, 0.3) is 0 Å². The van der Waals surface area contributed by atoms with Gasteiger partial charge in [0.15, 0.2) is 0 Å². The number of nitrogens with two attached hydrogens (primary N) is 1. The van der Waals surface area contributed by atoms with Crippen molar-refractivity contribution in [2.75, 3.05) is 17.7 Å². The Hall–Kier alpha value is -2.20. The number of nitrogen functional groups attached to an aromatic ring is 1. The molecule has 0 saturated heterocycles. The highest BCUT2D eigenvalue weighted by Gasteiger charge is 2.14. The first-order chi connectivity index (χ1) is 10.1. The van der Waals surface area contributed by atoms with Gasteiger partial charge in [-0.1, -0.05) is 30.7 Å². The van der Waals surface area contributed by atoms with E-state index >= 15 is 0 Å². The van der Waals surface area contributed by atoms with E-state index in [0.29, 0.717) is 34.3 Å². The molecule has 0 amide bonds. The molecule has 2 aromatic carbocycles. The second kappa shape index (κ2) is 6.99. The third-order valence-electron chi connectivity index (χ3n) is 2.84. The molecule has 0 bridgehead atoms. The summed E-state index contributed by atoms with van der Waals surface area (Å²) < 4.78 is 5.17. The molecule has 0 aliphatic heterocycles. The number of para-hydroxylation sites is 1. The number of carbonyl (C=O) groups is 1. The van der Waals surface area contributed by atoms with Crippen LogP contribution in [-0.2, 0) is 4.74 Å².